The molecule has 1 fully saturated rings. The Bertz CT molecular complexity index is 741. The summed E-state index contributed by atoms with van der Waals surface area (Å²) in [5, 5.41) is 14.9. The summed E-state index contributed by atoms with van der Waals surface area (Å²) >= 11 is 1.59. The molecule has 1 aliphatic carbocycles. The zero-order valence-electron chi connectivity index (χ0n) is 12.8. The standard InChI is InChI=1S/C17H18N2O3S/c1-10-18-15(9-23-10)11-3-2-4-14(8-11)19-16(20)12-5-6-13(7-12)17(21)22/h2-4,8-9,12-13H,5-7H2,1H3,(H,19,20)(H,21,22)/t12-,13+/m1/s1. The molecule has 0 saturated heterocycles. The van der Waals surface area contributed by atoms with E-state index in [1.807, 2.05) is 36.6 Å². The number of benzene rings is 1. The summed E-state index contributed by atoms with van der Waals surface area (Å²) in [4.78, 5) is 27.8. The molecular formula is C17H18N2O3S. The Hall–Kier alpha value is -2.21. The van der Waals surface area contributed by atoms with Crippen LogP contribution in [0.15, 0.2) is 29.6 Å². The van der Waals surface area contributed by atoms with E-state index < -0.39 is 11.9 Å². The van der Waals surface area contributed by atoms with Crippen molar-refractivity contribution in [1.82, 2.24) is 4.98 Å². The SMILES string of the molecule is Cc1nc(-c2cccc(NC(=O)[C@@H]3CC[C@H](C(=O)O)C3)c2)cs1. The maximum Gasteiger partial charge on any atom is 0.306 e. The molecular weight excluding hydrogens is 312 g/mol. The van der Waals surface area contributed by atoms with Gasteiger partial charge in [0.1, 0.15) is 0 Å². The van der Waals surface area contributed by atoms with Crippen molar-refractivity contribution in [3.8, 4) is 11.3 Å². The quantitative estimate of drug-likeness (QED) is 0.898. The molecule has 2 N–H and O–H groups in total. The molecule has 1 aromatic carbocycles. The van der Waals surface area contributed by atoms with E-state index in [9.17, 15) is 9.59 Å². The van der Waals surface area contributed by atoms with Gasteiger partial charge in [-0.05, 0) is 38.3 Å². The average Bonchev–Trinajstić information content (AvgIpc) is 3.16. The largest absolute Gasteiger partial charge is 0.481 e. The van der Waals surface area contributed by atoms with Gasteiger partial charge in [-0.3, -0.25) is 9.59 Å². The first kappa shape index (κ1) is 15.7. The zero-order valence-corrected chi connectivity index (χ0v) is 13.6. The van der Waals surface area contributed by atoms with Crippen molar-refractivity contribution in [2.45, 2.75) is 26.2 Å². The van der Waals surface area contributed by atoms with Gasteiger partial charge in [0, 0.05) is 22.5 Å². The Morgan fingerprint density at radius 2 is 2.09 bits per heavy atom. The van der Waals surface area contributed by atoms with Gasteiger partial charge in [-0.1, -0.05) is 12.1 Å². The molecule has 3 rings (SSSR count). The lowest BCUT2D eigenvalue weighted by Crippen LogP contribution is -2.21. The lowest BCUT2D eigenvalue weighted by Gasteiger charge is -2.11. The van der Waals surface area contributed by atoms with Crippen LogP contribution in [-0.4, -0.2) is 22.0 Å². The zero-order chi connectivity index (χ0) is 16.4. The molecule has 1 aliphatic rings. The number of thiazole rings is 1. The molecule has 1 heterocycles. The third kappa shape index (κ3) is 3.59. The van der Waals surface area contributed by atoms with E-state index in [0.717, 1.165) is 22.0 Å². The van der Waals surface area contributed by atoms with E-state index in [-0.39, 0.29) is 11.8 Å². The Morgan fingerprint density at radius 1 is 1.30 bits per heavy atom. The second-order valence-electron chi connectivity index (χ2n) is 5.87. The van der Waals surface area contributed by atoms with E-state index in [2.05, 4.69) is 10.3 Å². The molecule has 1 saturated carbocycles. The first-order valence-electron chi connectivity index (χ1n) is 7.59. The Balaban J connectivity index is 1.69. The van der Waals surface area contributed by atoms with Gasteiger partial charge in [-0.15, -0.1) is 11.3 Å². The molecule has 1 amide bonds. The Kier molecular flexibility index (Phi) is 4.43. The molecule has 1 aromatic heterocycles. The molecule has 0 aliphatic heterocycles. The highest BCUT2D eigenvalue weighted by atomic mass is 32.1. The number of nitrogens with one attached hydrogen (secondary N) is 1. The van der Waals surface area contributed by atoms with Crippen LogP contribution in [0.25, 0.3) is 11.3 Å². The highest BCUT2D eigenvalue weighted by molar-refractivity contribution is 7.09. The fourth-order valence-electron chi connectivity index (χ4n) is 2.94. The van der Waals surface area contributed by atoms with Crippen LogP contribution in [-0.2, 0) is 9.59 Å². The van der Waals surface area contributed by atoms with Gasteiger partial charge in [-0.2, -0.15) is 0 Å². The summed E-state index contributed by atoms with van der Waals surface area (Å²) in [6.45, 7) is 1.96. The number of carbonyl (C=O) groups excluding carboxylic acids is 1. The van der Waals surface area contributed by atoms with Gasteiger partial charge in [0.15, 0.2) is 0 Å². The number of rotatable bonds is 4. The van der Waals surface area contributed by atoms with Gasteiger partial charge >= 0.3 is 5.97 Å². The number of anilines is 1. The number of aryl methyl sites for hydroxylation is 1. The maximum atomic E-state index is 12.3. The Labute approximate surface area is 138 Å². The highest BCUT2D eigenvalue weighted by Crippen LogP contribution is 2.32. The second-order valence-corrected chi connectivity index (χ2v) is 6.93. The molecule has 6 heteroatoms. The van der Waals surface area contributed by atoms with Gasteiger partial charge in [-0.25, -0.2) is 4.98 Å². The number of nitrogens with zero attached hydrogens (tertiary/aromatic N) is 1. The first-order valence-corrected chi connectivity index (χ1v) is 8.47. The van der Waals surface area contributed by atoms with Crippen LogP contribution in [0.2, 0.25) is 0 Å². The minimum Gasteiger partial charge on any atom is -0.481 e. The molecule has 2 aromatic rings. The number of amides is 1. The van der Waals surface area contributed by atoms with E-state index in [0.29, 0.717) is 19.3 Å². The number of aliphatic carboxylic acids is 1. The van der Waals surface area contributed by atoms with Crippen molar-refractivity contribution in [1.29, 1.82) is 0 Å². The van der Waals surface area contributed by atoms with E-state index in [1.54, 1.807) is 11.3 Å². The van der Waals surface area contributed by atoms with E-state index in [4.69, 9.17) is 5.11 Å². The molecule has 23 heavy (non-hydrogen) atoms. The van der Waals surface area contributed by atoms with Crippen molar-refractivity contribution in [2.75, 3.05) is 5.32 Å². The van der Waals surface area contributed by atoms with Crippen molar-refractivity contribution >= 4 is 28.9 Å². The van der Waals surface area contributed by atoms with Gasteiger partial charge in [0.2, 0.25) is 5.91 Å². The van der Waals surface area contributed by atoms with Crippen molar-refractivity contribution in [2.24, 2.45) is 11.8 Å². The molecule has 5 nitrogen and oxygen atoms in total. The normalized spacial score (nSPS) is 20.4. The fourth-order valence-corrected chi connectivity index (χ4v) is 3.56. The summed E-state index contributed by atoms with van der Waals surface area (Å²) in [6.07, 6.45) is 1.63. The molecule has 120 valence electrons. The molecule has 0 radical (unpaired) electrons. The summed E-state index contributed by atoms with van der Waals surface area (Å²) < 4.78 is 0. The number of carboxylic acids is 1. The lowest BCUT2D eigenvalue weighted by atomic mass is 10.0. The van der Waals surface area contributed by atoms with E-state index >= 15 is 0 Å². The minimum atomic E-state index is -0.804. The molecule has 0 bridgehead atoms. The van der Waals surface area contributed by atoms with Crippen LogP contribution in [0.5, 0.6) is 0 Å². The molecule has 2 atom stereocenters. The van der Waals surface area contributed by atoms with Crippen LogP contribution in [0.4, 0.5) is 5.69 Å². The lowest BCUT2D eigenvalue weighted by molar-refractivity contribution is -0.141. The highest BCUT2D eigenvalue weighted by Gasteiger charge is 2.33. The van der Waals surface area contributed by atoms with Crippen LogP contribution >= 0.6 is 11.3 Å². The Morgan fingerprint density at radius 3 is 2.74 bits per heavy atom. The summed E-state index contributed by atoms with van der Waals surface area (Å²) in [5.74, 6) is -1.52. The van der Waals surface area contributed by atoms with Gasteiger partial charge in [0.25, 0.3) is 0 Å². The maximum absolute atomic E-state index is 12.3. The van der Waals surface area contributed by atoms with Crippen LogP contribution < -0.4 is 5.32 Å². The van der Waals surface area contributed by atoms with Crippen LogP contribution in [0.3, 0.4) is 0 Å². The smallest absolute Gasteiger partial charge is 0.306 e. The monoisotopic (exact) mass is 330 g/mol. The minimum absolute atomic E-state index is 0.0969. The van der Waals surface area contributed by atoms with Gasteiger partial charge in [0.05, 0.1) is 16.6 Å². The first-order chi connectivity index (χ1) is 11.0. The van der Waals surface area contributed by atoms with Gasteiger partial charge < -0.3 is 10.4 Å². The third-order valence-electron chi connectivity index (χ3n) is 4.20. The number of carboxylic acid groups (broad SMARTS) is 1. The average molecular weight is 330 g/mol. The van der Waals surface area contributed by atoms with Crippen LogP contribution in [0.1, 0.15) is 24.3 Å². The number of hydrogen-bond donors (Lipinski definition) is 2. The predicted molar refractivity (Wildman–Crippen MR) is 89.4 cm³/mol. The fraction of sp³-hybridized carbons (Fsp3) is 0.353. The molecule has 0 spiro atoms. The topological polar surface area (TPSA) is 79.3 Å². The van der Waals surface area contributed by atoms with Crippen molar-refractivity contribution in [3.63, 3.8) is 0 Å². The number of carbonyl (C=O) groups is 2. The van der Waals surface area contributed by atoms with E-state index in [1.165, 1.54) is 0 Å². The third-order valence-corrected chi connectivity index (χ3v) is 4.97. The molecule has 0 unspecified atom stereocenters. The summed E-state index contributed by atoms with van der Waals surface area (Å²) in [6, 6.07) is 7.58. The van der Waals surface area contributed by atoms with Crippen LogP contribution in [0, 0.1) is 18.8 Å². The number of aromatic nitrogens is 1. The number of hydrogen-bond acceptors (Lipinski definition) is 4. The summed E-state index contributed by atoms with van der Waals surface area (Å²) in [7, 11) is 0. The summed E-state index contributed by atoms with van der Waals surface area (Å²) in [5.41, 5.74) is 2.58. The second kappa shape index (κ2) is 6.50. The van der Waals surface area contributed by atoms with Crippen molar-refractivity contribution in [3.05, 3.63) is 34.7 Å². The van der Waals surface area contributed by atoms with Crippen molar-refractivity contribution < 1.29 is 14.7 Å². The predicted octanol–water partition coefficient (Wildman–Crippen LogP) is 3.56.